The summed E-state index contributed by atoms with van der Waals surface area (Å²) in [4.78, 5) is 14.0. The number of pyridine rings is 1. The van der Waals surface area contributed by atoms with Crippen LogP contribution in [0.1, 0.15) is 10.5 Å². The fourth-order valence-corrected chi connectivity index (χ4v) is 0.900. The molecule has 82 valence electrons. The molecule has 0 aliphatic carbocycles. The Labute approximate surface area is 86.8 Å². The Hall–Kier alpha value is -1.50. The van der Waals surface area contributed by atoms with Crippen LogP contribution in [-0.2, 0) is 0 Å². The second-order valence-electron chi connectivity index (χ2n) is 2.41. The summed E-state index contributed by atoms with van der Waals surface area (Å²) in [6, 6.07) is 0.720. The molecule has 0 atom stereocenters. The number of aromatic nitrogens is 1. The molecule has 0 aromatic carbocycles. The summed E-state index contributed by atoms with van der Waals surface area (Å²) in [5, 5.41) is -0.364. The Kier molecular flexibility index (Phi) is 3.04. The number of carbonyl (C=O) groups excluding carboxylic acids is 1. The van der Waals surface area contributed by atoms with Gasteiger partial charge in [-0.1, -0.05) is 11.6 Å². The zero-order valence-corrected chi connectivity index (χ0v) is 7.76. The van der Waals surface area contributed by atoms with Crippen LogP contribution in [0.5, 0.6) is 5.75 Å². The van der Waals surface area contributed by atoms with Crippen molar-refractivity contribution in [2.45, 2.75) is 6.36 Å². The first-order valence-corrected chi connectivity index (χ1v) is 3.88. The highest BCUT2D eigenvalue weighted by Gasteiger charge is 2.32. The molecule has 0 saturated heterocycles. The Morgan fingerprint density at radius 2 is 2.13 bits per heavy atom. The van der Waals surface area contributed by atoms with Gasteiger partial charge in [-0.25, -0.2) is 4.98 Å². The molecule has 1 amide bonds. The number of hydrogen-bond acceptors (Lipinski definition) is 3. The molecule has 0 saturated carbocycles. The molecule has 1 aromatic heterocycles. The first kappa shape index (κ1) is 11.6. The van der Waals surface area contributed by atoms with Crippen LogP contribution in [0.4, 0.5) is 13.2 Å². The van der Waals surface area contributed by atoms with Crippen molar-refractivity contribution in [3.63, 3.8) is 0 Å². The molecule has 15 heavy (non-hydrogen) atoms. The van der Waals surface area contributed by atoms with Crippen molar-refractivity contribution in [3.05, 3.63) is 23.0 Å². The third kappa shape index (κ3) is 3.28. The molecule has 0 radical (unpaired) electrons. The maximum atomic E-state index is 11.8. The van der Waals surface area contributed by atoms with Gasteiger partial charge >= 0.3 is 6.36 Å². The van der Waals surface area contributed by atoms with E-state index in [0.29, 0.717) is 0 Å². The van der Waals surface area contributed by atoms with Gasteiger partial charge in [-0.05, 0) is 0 Å². The number of halogens is 4. The molecule has 8 heteroatoms. The lowest BCUT2D eigenvalue weighted by atomic mass is 10.3. The van der Waals surface area contributed by atoms with E-state index < -0.39 is 18.0 Å². The average molecular weight is 241 g/mol. The standard InChI is InChI=1S/C7H4ClF3N2O2/c8-3-2-13-4(6(12)14)1-5(3)15-7(9,10)11/h1-2H,(H2,12,14). The van der Waals surface area contributed by atoms with Crippen LogP contribution in [0.25, 0.3) is 0 Å². The quantitative estimate of drug-likeness (QED) is 0.856. The SMILES string of the molecule is NC(=O)c1cc(OC(F)(F)F)c(Cl)cn1. The Morgan fingerprint density at radius 3 is 2.60 bits per heavy atom. The highest BCUT2D eigenvalue weighted by molar-refractivity contribution is 6.32. The van der Waals surface area contributed by atoms with E-state index in [-0.39, 0.29) is 10.7 Å². The molecule has 0 spiro atoms. The van der Waals surface area contributed by atoms with Crippen molar-refractivity contribution in [2.75, 3.05) is 0 Å². The predicted molar refractivity (Wildman–Crippen MR) is 44.4 cm³/mol. The summed E-state index contributed by atoms with van der Waals surface area (Å²) in [5.41, 5.74) is 4.45. The second kappa shape index (κ2) is 3.93. The summed E-state index contributed by atoms with van der Waals surface area (Å²) in [6.45, 7) is 0. The van der Waals surface area contributed by atoms with E-state index in [4.69, 9.17) is 17.3 Å². The first-order chi connectivity index (χ1) is 6.79. The zero-order chi connectivity index (χ0) is 11.6. The Morgan fingerprint density at radius 1 is 1.53 bits per heavy atom. The normalized spacial score (nSPS) is 11.2. The largest absolute Gasteiger partial charge is 0.573 e. The maximum Gasteiger partial charge on any atom is 0.573 e. The number of ether oxygens (including phenoxy) is 1. The molecule has 1 aromatic rings. The average Bonchev–Trinajstić information content (AvgIpc) is 2.06. The lowest BCUT2D eigenvalue weighted by Crippen LogP contribution is -2.19. The summed E-state index contributed by atoms with van der Waals surface area (Å²) in [5.74, 6) is -1.69. The number of nitrogens with two attached hydrogens (primary N) is 1. The topological polar surface area (TPSA) is 65.2 Å². The molecule has 0 fully saturated rings. The van der Waals surface area contributed by atoms with Crippen LogP contribution < -0.4 is 10.5 Å². The van der Waals surface area contributed by atoms with Crippen molar-refractivity contribution >= 4 is 17.5 Å². The minimum Gasteiger partial charge on any atom is -0.404 e. The highest BCUT2D eigenvalue weighted by atomic mass is 35.5. The molecule has 2 N–H and O–H groups in total. The van der Waals surface area contributed by atoms with Crippen LogP contribution in [0.15, 0.2) is 12.3 Å². The van der Waals surface area contributed by atoms with E-state index >= 15 is 0 Å². The van der Waals surface area contributed by atoms with Crippen molar-refractivity contribution in [1.29, 1.82) is 0 Å². The monoisotopic (exact) mass is 240 g/mol. The van der Waals surface area contributed by atoms with Crippen LogP contribution >= 0.6 is 11.6 Å². The van der Waals surface area contributed by atoms with Crippen molar-refractivity contribution < 1.29 is 22.7 Å². The van der Waals surface area contributed by atoms with E-state index in [0.717, 1.165) is 12.3 Å². The lowest BCUT2D eigenvalue weighted by molar-refractivity contribution is -0.274. The number of hydrogen-bond donors (Lipinski definition) is 1. The molecule has 0 bridgehead atoms. The molecular formula is C7H4ClF3N2O2. The zero-order valence-electron chi connectivity index (χ0n) is 7.01. The van der Waals surface area contributed by atoms with E-state index in [9.17, 15) is 18.0 Å². The molecular weight excluding hydrogens is 237 g/mol. The molecule has 0 unspecified atom stereocenters. The lowest BCUT2D eigenvalue weighted by Gasteiger charge is -2.10. The van der Waals surface area contributed by atoms with E-state index in [2.05, 4.69) is 9.72 Å². The van der Waals surface area contributed by atoms with Gasteiger partial charge in [-0.15, -0.1) is 13.2 Å². The smallest absolute Gasteiger partial charge is 0.404 e. The van der Waals surface area contributed by atoms with Crippen molar-refractivity contribution in [3.8, 4) is 5.75 Å². The molecule has 4 nitrogen and oxygen atoms in total. The van der Waals surface area contributed by atoms with Gasteiger partial charge in [-0.2, -0.15) is 0 Å². The molecule has 0 aliphatic rings. The van der Waals surface area contributed by atoms with Crippen LogP contribution in [0, 0.1) is 0 Å². The van der Waals surface area contributed by atoms with Gasteiger partial charge in [0.15, 0.2) is 5.75 Å². The summed E-state index contributed by atoms with van der Waals surface area (Å²) in [7, 11) is 0. The molecule has 1 heterocycles. The van der Waals surface area contributed by atoms with Gasteiger partial charge < -0.3 is 10.5 Å². The van der Waals surface area contributed by atoms with Crippen LogP contribution in [0.3, 0.4) is 0 Å². The predicted octanol–water partition coefficient (Wildman–Crippen LogP) is 1.73. The number of rotatable bonds is 2. The van der Waals surface area contributed by atoms with Gasteiger partial charge in [0.05, 0.1) is 6.20 Å². The second-order valence-corrected chi connectivity index (χ2v) is 2.82. The van der Waals surface area contributed by atoms with Gasteiger partial charge in [0.2, 0.25) is 0 Å². The fraction of sp³-hybridized carbons (Fsp3) is 0.143. The van der Waals surface area contributed by atoms with Gasteiger partial charge in [0.25, 0.3) is 5.91 Å². The third-order valence-electron chi connectivity index (χ3n) is 1.30. The van der Waals surface area contributed by atoms with Crippen LogP contribution in [-0.4, -0.2) is 17.3 Å². The summed E-state index contributed by atoms with van der Waals surface area (Å²) >= 11 is 5.37. The number of nitrogens with zero attached hydrogens (tertiary/aromatic N) is 1. The number of amides is 1. The Balaban J connectivity index is 3.06. The van der Waals surface area contributed by atoms with Gasteiger partial charge in [0.1, 0.15) is 10.7 Å². The number of primary amides is 1. The van der Waals surface area contributed by atoms with E-state index in [1.165, 1.54) is 0 Å². The van der Waals surface area contributed by atoms with Gasteiger partial charge in [0, 0.05) is 6.07 Å². The molecule has 1 rings (SSSR count). The Bertz CT molecular complexity index is 394. The minimum absolute atomic E-state index is 0.362. The fourth-order valence-electron chi connectivity index (χ4n) is 0.758. The van der Waals surface area contributed by atoms with Gasteiger partial charge in [-0.3, -0.25) is 4.79 Å². The highest BCUT2D eigenvalue weighted by Crippen LogP contribution is 2.29. The third-order valence-corrected chi connectivity index (χ3v) is 1.58. The number of carbonyl (C=O) groups is 1. The molecule has 0 aliphatic heterocycles. The van der Waals surface area contributed by atoms with E-state index in [1.54, 1.807) is 0 Å². The minimum atomic E-state index is -4.89. The summed E-state index contributed by atoms with van der Waals surface area (Å²) in [6.07, 6.45) is -4.04. The summed E-state index contributed by atoms with van der Waals surface area (Å²) < 4.78 is 39.1. The first-order valence-electron chi connectivity index (χ1n) is 3.50. The van der Waals surface area contributed by atoms with E-state index in [1.807, 2.05) is 0 Å². The van der Waals surface area contributed by atoms with Crippen LogP contribution in [0.2, 0.25) is 5.02 Å². The van der Waals surface area contributed by atoms with Crippen molar-refractivity contribution in [1.82, 2.24) is 4.98 Å². The number of alkyl halides is 3. The van der Waals surface area contributed by atoms with Crippen molar-refractivity contribution in [2.24, 2.45) is 5.73 Å². The maximum absolute atomic E-state index is 11.8.